The van der Waals surface area contributed by atoms with Gasteiger partial charge in [-0.2, -0.15) is 5.10 Å². The van der Waals surface area contributed by atoms with Gasteiger partial charge in [0, 0.05) is 29.7 Å². The largest absolute Gasteiger partial charge is 0.323 e. The topological polar surface area (TPSA) is 76.5 Å². The highest BCUT2D eigenvalue weighted by molar-refractivity contribution is 5.81. The van der Waals surface area contributed by atoms with Crippen LogP contribution < -0.4 is 5.32 Å². The number of hydrogen-bond acceptors (Lipinski definition) is 6. The number of aromatic nitrogens is 5. The van der Waals surface area contributed by atoms with E-state index in [1.807, 2.05) is 49.8 Å². The lowest BCUT2D eigenvalue weighted by Gasteiger charge is -2.09. The lowest BCUT2D eigenvalue weighted by Crippen LogP contribution is -2.00. The molecule has 0 aliphatic heterocycles. The molecule has 0 spiro atoms. The number of anilines is 2. The highest BCUT2D eigenvalue weighted by atomic mass is 15.2. The predicted molar refractivity (Wildman–Crippen MR) is 107 cm³/mol. The molecule has 0 bridgehead atoms. The van der Waals surface area contributed by atoms with Crippen LogP contribution in [0.4, 0.5) is 11.6 Å². The van der Waals surface area contributed by atoms with Gasteiger partial charge in [-0.15, -0.1) is 5.10 Å². The molecule has 0 unspecified atom stereocenters. The van der Waals surface area contributed by atoms with E-state index in [4.69, 9.17) is 4.98 Å². The second-order valence-electron chi connectivity index (χ2n) is 6.86. The van der Waals surface area contributed by atoms with Gasteiger partial charge >= 0.3 is 0 Å². The average molecular weight is 356 g/mol. The van der Waals surface area contributed by atoms with Gasteiger partial charge < -0.3 is 5.32 Å². The maximum absolute atomic E-state index is 4.69. The molecule has 0 aliphatic rings. The van der Waals surface area contributed by atoms with E-state index in [9.17, 15) is 0 Å². The highest BCUT2D eigenvalue weighted by Crippen LogP contribution is 2.24. The summed E-state index contributed by atoms with van der Waals surface area (Å²) in [7, 11) is 0. The standard InChI is InChI=1S/C21H20N6/c1-13(2)15-8-21(27-24-12-15)26-20-5-4-18-19(25-20)7-17(11-23-18)16-6-14(3)9-22-10-16/h4-13H,1-3H3,(H,25,26,27). The van der Waals surface area contributed by atoms with Gasteiger partial charge in [0.2, 0.25) is 0 Å². The predicted octanol–water partition coefficient (Wildman–Crippen LogP) is 4.66. The van der Waals surface area contributed by atoms with Crippen LogP contribution in [0.25, 0.3) is 22.2 Å². The Morgan fingerprint density at radius 3 is 2.52 bits per heavy atom. The van der Waals surface area contributed by atoms with E-state index < -0.39 is 0 Å². The number of hydrogen-bond donors (Lipinski definition) is 1. The van der Waals surface area contributed by atoms with Crippen molar-refractivity contribution in [1.29, 1.82) is 0 Å². The first-order valence-electron chi connectivity index (χ1n) is 8.87. The van der Waals surface area contributed by atoms with Crippen molar-refractivity contribution in [3.63, 3.8) is 0 Å². The molecule has 4 rings (SSSR count). The molecule has 0 amide bonds. The number of nitrogens with one attached hydrogen (secondary N) is 1. The summed E-state index contributed by atoms with van der Waals surface area (Å²) in [5, 5.41) is 11.4. The van der Waals surface area contributed by atoms with Crippen molar-refractivity contribution in [3.05, 3.63) is 66.2 Å². The molecule has 0 saturated heterocycles. The fraction of sp³-hybridized carbons (Fsp3) is 0.190. The molecule has 4 aromatic heterocycles. The molecule has 0 fully saturated rings. The number of nitrogens with zero attached hydrogens (tertiary/aromatic N) is 5. The molecule has 27 heavy (non-hydrogen) atoms. The number of rotatable bonds is 4. The Hall–Kier alpha value is -3.41. The smallest absolute Gasteiger partial charge is 0.154 e. The lowest BCUT2D eigenvalue weighted by atomic mass is 10.1. The third-order valence-electron chi connectivity index (χ3n) is 4.34. The van der Waals surface area contributed by atoms with Crippen molar-refractivity contribution < 1.29 is 0 Å². The van der Waals surface area contributed by atoms with Gasteiger partial charge in [0.25, 0.3) is 0 Å². The fourth-order valence-corrected chi connectivity index (χ4v) is 2.84. The lowest BCUT2D eigenvalue weighted by molar-refractivity contribution is 0.843. The summed E-state index contributed by atoms with van der Waals surface area (Å²) in [5.74, 6) is 1.78. The number of pyridine rings is 3. The second-order valence-corrected chi connectivity index (χ2v) is 6.86. The van der Waals surface area contributed by atoms with Gasteiger partial charge in [-0.1, -0.05) is 13.8 Å². The molecule has 0 radical (unpaired) electrons. The van der Waals surface area contributed by atoms with Crippen LogP contribution in [-0.4, -0.2) is 25.1 Å². The third-order valence-corrected chi connectivity index (χ3v) is 4.34. The molecular formula is C21H20N6. The van der Waals surface area contributed by atoms with Crippen molar-refractivity contribution in [3.8, 4) is 11.1 Å². The van der Waals surface area contributed by atoms with E-state index in [-0.39, 0.29) is 0 Å². The summed E-state index contributed by atoms with van der Waals surface area (Å²) in [5.41, 5.74) is 5.91. The second kappa shape index (κ2) is 7.07. The number of aryl methyl sites for hydroxylation is 1. The summed E-state index contributed by atoms with van der Waals surface area (Å²) in [4.78, 5) is 13.5. The SMILES string of the molecule is Cc1cncc(-c2cnc3ccc(Nc4cc(C(C)C)cnn4)nc3c2)c1. The fourth-order valence-electron chi connectivity index (χ4n) is 2.84. The summed E-state index contributed by atoms with van der Waals surface area (Å²) >= 11 is 0. The van der Waals surface area contributed by atoms with Gasteiger partial charge in [-0.3, -0.25) is 9.97 Å². The summed E-state index contributed by atoms with van der Waals surface area (Å²) in [6.45, 7) is 6.28. The first-order valence-corrected chi connectivity index (χ1v) is 8.87. The molecule has 6 nitrogen and oxygen atoms in total. The minimum absolute atomic E-state index is 0.389. The molecule has 4 aromatic rings. The van der Waals surface area contributed by atoms with Crippen LogP contribution >= 0.6 is 0 Å². The Bertz CT molecular complexity index is 1110. The zero-order valence-corrected chi connectivity index (χ0v) is 15.5. The number of fused-ring (bicyclic) bond motifs is 1. The first kappa shape index (κ1) is 17.0. The van der Waals surface area contributed by atoms with Crippen LogP contribution in [0.5, 0.6) is 0 Å². The molecule has 0 aliphatic carbocycles. The molecule has 134 valence electrons. The Balaban J connectivity index is 1.68. The van der Waals surface area contributed by atoms with Crippen LogP contribution in [0.15, 0.2) is 55.1 Å². The van der Waals surface area contributed by atoms with Crippen molar-refractivity contribution in [2.45, 2.75) is 26.7 Å². The minimum atomic E-state index is 0.389. The van der Waals surface area contributed by atoms with Crippen LogP contribution in [-0.2, 0) is 0 Å². The Morgan fingerprint density at radius 1 is 0.852 bits per heavy atom. The normalized spacial score (nSPS) is 11.1. The van der Waals surface area contributed by atoms with Crippen LogP contribution in [0.2, 0.25) is 0 Å². The molecule has 0 aromatic carbocycles. The first-order chi connectivity index (χ1) is 13.1. The molecular weight excluding hydrogens is 336 g/mol. The molecule has 0 saturated carbocycles. The van der Waals surface area contributed by atoms with Gasteiger partial charge in [-0.25, -0.2) is 4.98 Å². The van der Waals surface area contributed by atoms with E-state index in [1.54, 1.807) is 6.20 Å². The van der Waals surface area contributed by atoms with Crippen molar-refractivity contribution in [2.24, 2.45) is 0 Å². The van der Waals surface area contributed by atoms with Crippen LogP contribution in [0.3, 0.4) is 0 Å². The van der Waals surface area contributed by atoms with E-state index >= 15 is 0 Å². The van der Waals surface area contributed by atoms with Crippen molar-refractivity contribution in [2.75, 3.05) is 5.32 Å². The summed E-state index contributed by atoms with van der Waals surface area (Å²) in [6, 6.07) is 9.96. The molecule has 1 N–H and O–H groups in total. The van der Waals surface area contributed by atoms with Crippen molar-refractivity contribution in [1.82, 2.24) is 25.1 Å². The van der Waals surface area contributed by atoms with Crippen LogP contribution in [0.1, 0.15) is 30.9 Å². The van der Waals surface area contributed by atoms with Gasteiger partial charge in [0.15, 0.2) is 5.82 Å². The quantitative estimate of drug-likeness (QED) is 0.573. The zero-order chi connectivity index (χ0) is 18.8. The van der Waals surface area contributed by atoms with Gasteiger partial charge in [0.05, 0.1) is 17.2 Å². The van der Waals surface area contributed by atoms with E-state index in [0.717, 1.165) is 33.3 Å². The third kappa shape index (κ3) is 3.74. The summed E-state index contributed by atoms with van der Waals surface area (Å²) < 4.78 is 0. The van der Waals surface area contributed by atoms with Crippen molar-refractivity contribution >= 4 is 22.7 Å². The summed E-state index contributed by atoms with van der Waals surface area (Å²) in [6.07, 6.45) is 7.32. The van der Waals surface area contributed by atoms with Crippen LogP contribution in [0, 0.1) is 6.92 Å². The Morgan fingerprint density at radius 2 is 1.70 bits per heavy atom. The molecule has 0 atom stereocenters. The van der Waals surface area contributed by atoms with E-state index in [1.165, 1.54) is 0 Å². The highest BCUT2D eigenvalue weighted by Gasteiger charge is 2.07. The van der Waals surface area contributed by atoms with E-state index in [2.05, 4.69) is 45.4 Å². The van der Waals surface area contributed by atoms with Gasteiger partial charge in [0.1, 0.15) is 5.82 Å². The average Bonchev–Trinajstić information content (AvgIpc) is 2.67. The zero-order valence-electron chi connectivity index (χ0n) is 15.5. The Kier molecular flexibility index (Phi) is 4.46. The monoisotopic (exact) mass is 356 g/mol. The minimum Gasteiger partial charge on any atom is -0.323 e. The molecule has 4 heterocycles. The van der Waals surface area contributed by atoms with E-state index in [0.29, 0.717) is 17.6 Å². The van der Waals surface area contributed by atoms with Gasteiger partial charge in [-0.05, 0) is 54.3 Å². The maximum atomic E-state index is 4.69. The molecule has 6 heteroatoms. The Labute approximate surface area is 157 Å². The maximum Gasteiger partial charge on any atom is 0.154 e.